The molecule has 1 aromatic rings. The predicted octanol–water partition coefficient (Wildman–Crippen LogP) is 4.32. The summed E-state index contributed by atoms with van der Waals surface area (Å²) in [7, 11) is 0. The molecule has 1 fully saturated rings. The van der Waals surface area contributed by atoms with Crippen LogP contribution in [0.2, 0.25) is 0 Å². The van der Waals surface area contributed by atoms with Gasteiger partial charge in [-0.1, -0.05) is 38.6 Å². The molecule has 1 heterocycles. The van der Waals surface area contributed by atoms with Crippen LogP contribution in [0.4, 0.5) is 5.69 Å². The van der Waals surface area contributed by atoms with Crippen LogP contribution in [-0.2, 0) is 14.3 Å². The highest BCUT2D eigenvalue weighted by molar-refractivity contribution is 6.05. The summed E-state index contributed by atoms with van der Waals surface area (Å²) in [4.78, 5) is 25.9. The van der Waals surface area contributed by atoms with Gasteiger partial charge in [0.2, 0.25) is 0 Å². The van der Waals surface area contributed by atoms with Gasteiger partial charge in [-0.15, -0.1) is 0 Å². The van der Waals surface area contributed by atoms with Crippen LogP contribution >= 0.6 is 0 Å². The monoisotopic (exact) mass is 383 g/mol. The van der Waals surface area contributed by atoms with Gasteiger partial charge < -0.3 is 14.7 Å². The van der Waals surface area contributed by atoms with Crippen molar-refractivity contribution in [2.24, 2.45) is 5.92 Å². The highest BCUT2D eigenvalue weighted by atomic mass is 16.5. The second-order valence-corrected chi connectivity index (χ2v) is 7.48. The molecule has 28 heavy (non-hydrogen) atoms. The normalized spacial score (nSPS) is 18.0. The topological polar surface area (TPSA) is 66.8 Å². The van der Waals surface area contributed by atoms with Gasteiger partial charge in [-0.25, -0.2) is 0 Å². The molecular weight excluding hydrogens is 354 g/mol. The van der Waals surface area contributed by atoms with E-state index in [9.17, 15) is 9.59 Å². The average molecular weight is 383 g/mol. The molecule has 5 heteroatoms. The quantitative estimate of drug-likeness (QED) is 0.561. The summed E-state index contributed by atoms with van der Waals surface area (Å²) in [5.41, 5.74) is 2.88. The van der Waals surface area contributed by atoms with Crippen LogP contribution in [0.1, 0.15) is 39.2 Å². The zero-order valence-electron chi connectivity index (χ0n) is 17.1. The Balaban J connectivity index is 2.22. The minimum absolute atomic E-state index is 0.0314. The van der Waals surface area contributed by atoms with E-state index in [4.69, 9.17) is 9.84 Å². The number of carboxylic acid groups (broad SMARTS) is 1. The molecule has 0 saturated carbocycles. The molecule has 0 radical (unpaired) electrons. The van der Waals surface area contributed by atoms with Gasteiger partial charge in [-0.2, -0.15) is 0 Å². The molecule has 1 aliphatic heterocycles. The summed E-state index contributed by atoms with van der Waals surface area (Å²) >= 11 is 0. The van der Waals surface area contributed by atoms with E-state index in [0.29, 0.717) is 30.4 Å². The Bertz CT molecular complexity index is 782. The zero-order valence-corrected chi connectivity index (χ0v) is 17.1. The fourth-order valence-corrected chi connectivity index (χ4v) is 3.04. The third kappa shape index (κ3) is 5.12. The predicted molar refractivity (Wildman–Crippen MR) is 111 cm³/mol. The van der Waals surface area contributed by atoms with Crippen molar-refractivity contribution in [3.63, 3.8) is 0 Å². The Morgan fingerprint density at radius 1 is 1.25 bits per heavy atom. The molecule has 1 saturated heterocycles. The van der Waals surface area contributed by atoms with E-state index in [-0.39, 0.29) is 12.3 Å². The molecule has 2 rings (SSSR count). The minimum Gasteiger partial charge on any atom is -0.493 e. The summed E-state index contributed by atoms with van der Waals surface area (Å²) < 4.78 is 5.87. The molecule has 5 nitrogen and oxygen atoms in total. The number of hydrogen-bond acceptors (Lipinski definition) is 4. The number of carbonyl (C=O) groups excluding carboxylic acids is 1. The van der Waals surface area contributed by atoms with Crippen molar-refractivity contribution in [3.8, 4) is 0 Å². The number of aliphatic carboxylic acids is 1. The van der Waals surface area contributed by atoms with E-state index in [1.54, 1.807) is 19.1 Å². The smallest absolute Gasteiger partial charge is 0.310 e. The highest BCUT2D eigenvalue weighted by Gasteiger charge is 2.28. The average Bonchev–Trinajstić information content (AvgIpc) is 2.64. The number of anilines is 1. The van der Waals surface area contributed by atoms with E-state index in [0.717, 1.165) is 16.8 Å². The van der Waals surface area contributed by atoms with Gasteiger partial charge in [0.15, 0.2) is 5.78 Å². The number of benzene rings is 1. The lowest BCUT2D eigenvalue weighted by molar-refractivity contribution is -0.138. The fraction of sp³-hybridized carbons (Fsp3) is 0.391. The number of nitrogens with zero attached hydrogens (tertiary/aromatic N) is 1. The number of allylic oxidation sites excluding steroid dienone is 2. The third-order valence-electron chi connectivity index (χ3n) is 4.61. The first kappa shape index (κ1) is 21.5. The Labute approximate surface area is 167 Å². The SMILES string of the molecule is C=C1CN(c2ccc(C(C)C(=O)O)cc2)CC(=O)/C1=C(/C=C\C)OCC(C)C. The number of Topliss-reactive ketones (excluding diaryl/α,β-unsaturated/α-hetero) is 1. The molecule has 1 atom stereocenters. The Hall–Kier alpha value is -2.82. The first-order valence-corrected chi connectivity index (χ1v) is 9.53. The van der Waals surface area contributed by atoms with E-state index in [2.05, 4.69) is 20.4 Å². The molecule has 0 bridgehead atoms. The summed E-state index contributed by atoms with van der Waals surface area (Å²) in [5, 5.41) is 9.14. The molecule has 1 aliphatic rings. The number of rotatable bonds is 7. The van der Waals surface area contributed by atoms with Crippen molar-refractivity contribution in [3.05, 3.63) is 65.5 Å². The molecule has 1 unspecified atom stereocenters. The largest absolute Gasteiger partial charge is 0.493 e. The second-order valence-electron chi connectivity index (χ2n) is 7.48. The van der Waals surface area contributed by atoms with E-state index in [1.165, 1.54) is 0 Å². The molecule has 0 amide bonds. The van der Waals surface area contributed by atoms with Crippen molar-refractivity contribution in [2.75, 3.05) is 24.6 Å². The van der Waals surface area contributed by atoms with Crippen molar-refractivity contribution >= 4 is 17.4 Å². The van der Waals surface area contributed by atoms with Gasteiger partial charge in [0.1, 0.15) is 5.76 Å². The van der Waals surface area contributed by atoms with Gasteiger partial charge in [-0.05, 0) is 49.1 Å². The highest BCUT2D eigenvalue weighted by Crippen LogP contribution is 2.28. The van der Waals surface area contributed by atoms with Crippen LogP contribution in [-0.4, -0.2) is 36.6 Å². The molecular formula is C23H29NO4. The van der Waals surface area contributed by atoms with Crippen LogP contribution in [0.15, 0.2) is 59.9 Å². The lowest BCUT2D eigenvalue weighted by atomic mass is 9.95. The maximum Gasteiger partial charge on any atom is 0.310 e. The molecule has 0 aromatic heterocycles. The zero-order chi connectivity index (χ0) is 20.8. The van der Waals surface area contributed by atoms with Crippen molar-refractivity contribution in [1.29, 1.82) is 0 Å². The van der Waals surface area contributed by atoms with Gasteiger partial charge >= 0.3 is 5.97 Å². The third-order valence-corrected chi connectivity index (χ3v) is 4.61. The first-order chi connectivity index (χ1) is 13.2. The van der Waals surface area contributed by atoms with Crippen LogP contribution in [0, 0.1) is 5.92 Å². The van der Waals surface area contributed by atoms with E-state index in [1.807, 2.05) is 36.1 Å². The number of ketones is 1. The molecule has 150 valence electrons. The number of hydrogen-bond donors (Lipinski definition) is 1. The second kappa shape index (κ2) is 9.40. The summed E-state index contributed by atoms with van der Waals surface area (Å²) in [6.07, 6.45) is 3.68. The number of carboxylic acids is 1. The van der Waals surface area contributed by atoms with E-state index >= 15 is 0 Å². The Morgan fingerprint density at radius 2 is 1.89 bits per heavy atom. The standard InChI is InChI=1S/C23H29NO4/c1-6-7-21(28-14-15(2)3)22-16(4)12-24(13-20(22)25)19-10-8-18(9-11-19)17(5)23(26)27/h6-11,15,17H,4,12-14H2,1-3,5H3,(H,26,27)/b7-6-,22-21-. The van der Waals surface area contributed by atoms with Crippen LogP contribution in [0.3, 0.4) is 0 Å². The van der Waals surface area contributed by atoms with Crippen molar-refractivity contribution in [2.45, 2.75) is 33.6 Å². The lowest BCUT2D eigenvalue weighted by Gasteiger charge is -2.32. The summed E-state index contributed by atoms with van der Waals surface area (Å²) in [6.45, 7) is 13.1. The van der Waals surface area contributed by atoms with E-state index < -0.39 is 11.9 Å². The van der Waals surface area contributed by atoms with Gasteiger partial charge in [0.25, 0.3) is 0 Å². The summed E-state index contributed by atoms with van der Waals surface area (Å²) in [6, 6.07) is 7.30. The van der Waals surface area contributed by atoms with Crippen LogP contribution in [0.5, 0.6) is 0 Å². The molecule has 0 aliphatic carbocycles. The lowest BCUT2D eigenvalue weighted by Crippen LogP contribution is -2.39. The first-order valence-electron chi connectivity index (χ1n) is 9.53. The maximum absolute atomic E-state index is 12.9. The van der Waals surface area contributed by atoms with Crippen LogP contribution in [0.25, 0.3) is 0 Å². The Kier molecular flexibility index (Phi) is 7.21. The number of piperidine rings is 1. The Morgan fingerprint density at radius 3 is 2.39 bits per heavy atom. The van der Waals surface area contributed by atoms with Crippen molar-refractivity contribution < 1.29 is 19.4 Å². The molecule has 1 N–H and O–H groups in total. The van der Waals surface area contributed by atoms with Crippen molar-refractivity contribution in [1.82, 2.24) is 0 Å². The van der Waals surface area contributed by atoms with Crippen LogP contribution < -0.4 is 4.90 Å². The molecule has 0 spiro atoms. The summed E-state index contributed by atoms with van der Waals surface area (Å²) in [5.74, 6) is -0.520. The van der Waals surface area contributed by atoms with Gasteiger partial charge in [0, 0.05) is 12.2 Å². The molecule has 1 aromatic carbocycles. The van der Waals surface area contributed by atoms with Gasteiger partial charge in [-0.3, -0.25) is 9.59 Å². The maximum atomic E-state index is 12.9. The number of ether oxygens (including phenoxy) is 1. The minimum atomic E-state index is -0.859. The fourth-order valence-electron chi connectivity index (χ4n) is 3.04. The number of carbonyl (C=O) groups is 2. The van der Waals surface area contributed by atoms with Gasteiger partial charge in [0.05, 0.1) is 24.6 Å².